The molecule has 1 atom stereocenters. The van der Waals surface area contributed by atoms with Gasteiger partial charge >= 0.3 is 0 Å². The average molecular weight is 586 g/mol. The van der Waals surface area contributed by atoms with Gasteiger partial charge in [-0.15, -0.1) is 5.10 Å². The summed E-state index contributed by atoms with van der Waals surface area (Å²) in [4.78, 5) is 7.22. The number of hydrazone groups is 1. The largest absolute Gasteiger partial charge is 0.382 e. The van der Waals surface area contributed by atoms with Crippen LogP contribution in [-0.4, -0.2) is 51.4 Å². The molecule has 38 heavy (non-hydrogen) atoms. The van der Waals surface area contributed by atoms with Gasteiger partial charge in [0.15, 0.2) is 11.8 Å². The monoisotopic (exact) mass is 585 g/mol. The smallest absolute Gasteiger partial charge is 0.242 e. The Balaban J connectivity index is 0.000000637. The molecule has 210 valence electrons. The van der Waals surface area contributed by atoms with Gasteiger partial charge in [0.05, 0.1) is 22.3 Å². The average Bonchev–Trinajstić information content (AvgIpc) is 3.51. The molecule has 0 spiro atoms. The Kier molecular flexibility index (Phi) is 11.5. The van der Waals surface area contributed by atoms with E-state index in [4.69, 9.17) is 23.2 Å². The third kappa shape index (κ3) is 7.00. The number of anilines is 2. The maximum absolute atomic E-state index is 12.8. The quantitative estimate of drug-likeness (QED) is 0.0449. The molecule has 0 aliphatic carbocycles. The van der Waals surface area contributed by atoms with Crippen molar-refractivity contribution in [3.63, 3.8) is 0 Å². The minimum absolute atomic E-state index is 0. The number of aromatic amines is 1. The molecule has 0 amide bonds. The van der Waals surface area contributed by atoms with E-state index in [0.717, 1.165) is 5.92 Å². The number of aromatic nitrogens is 2. The lowest BCUT2D eigenvalue weighted by atomic mass is 9.96. The van der Waals surface area contributed by atoms with Crippen molar-refractivity contribution < 1.29 is 12.7 Å². The molecule has 0 saturated carbocycles. The van der Waals surface area contributed by atoms with Crippen LogP contribution in [0.25, 0.3) is 22.2 Å². The molecule has 0 bridgehead atoms. The Morgan fingerprint density at radius 2 is 2.03 bits per heavy atom. The summed E-state index contributed by atoms with van der Waals surface area (Å²) < 4.78 is 33.8. The Hall–Kier alpha value is -2.77. The summed E-state index contributed by atoms with van der Waals surface area (Å²) in [5, 5.41) is 7.14. The van der Waals surface area contributed by atoms with Gasteiger partial charge in [-0.3, -0.25) is 4.31 Å². The first kappa shape index (κ1) is 31.4. The Labute approximate surface area is 233 Å². The number of hydrogen-bond donors (Lipinski definition) is 8. The first-order valence-corrected chi connectivity index (χ1v) is 13.4. The van der Waals surface area contributed by atoms with Crippen LogP contribution < -0.4 is 43.1 Å². The first-order chi connectivity index (χ1) is 17.6. The molecule has 1 aliphatic heterocycles. The second-order valence-electron chi connectivity index (χ2n) is 8.26. The number of nitrogens with one attached hydrogen (secondary N) is 4. The van der Waals surface area contributed by atoms with E-state index in [1.54, 1.807) is 25.2 Å². The fraction of sp³-hybridized carbons (Fsp3) is 0.333. The van der Waals surface area contributed by atoms with Crippen LogP contribution >= 0.6 is 25.7 Å². The zero-order valence-electron chi connectivity index (χ0n) is 21.3. The molecule has 14 nitrogen and oxygen atoms in total. The molecular formula is C21H35N11O3S3. The maximum Gasteiger partial charge on any atom is 0.242 e. The highest BCUT2D eigenvalue weighted by Gasteiger charge is 2.28. The molecule has 1 saturated heterocycles. The fourth-order valence-corrected chi connectivity index (χ4v) is 5.40. The van der Waals surface area contributed by atoms with Crippen molar-refractivity contribution >= 4 is 64.3 Å². The summed E-state index contributed by atoms with van der Waals surface area (Å²) in [6, 6.07) is 8.45. The fourth-order valence-electron chi connectivity index (χ4n) is 3.99. The number of fused-ring (bicyclic) bond motifs is 1. The number of benzene rings is 2. The van der Waals surface area contributed by atoms with Crippen molar-refractivity contribution in [3.8, 4) is 11.1 Å². The SMILES string of the molecule is CC1CCNC1.CNS(=O)(=O)c1ccc(-c2cccc3[nH]c(N)nc23)c(/C(N)=N/NN)c1N(C)SON.S. The van der Waals surface area contributed by atoms with Crippen LogP contribution in [0.1, 0.15) is 18.9 Å². The van der Waals surface area contributed by atoms with Crippen LogP contribution in [-0.2, 0) is 14.3 Å². The number of para-hydroxylation sites is 1. The summed E-state index contributed by atoms with van der Waals surface area (Å²) in [5.74, 6) is 11.6. The van der Waals surface area contributed by atoms with Gasteiger partial charge in [0.1, 0.15) is 17.1 Å². The number of H-pyrrole nitrogens is 1. The number of nitrogen functional groups attached to an aromatic ring is 1. The molecule has 4 rings (SSSR count). The Bertz CT molecular complexity index is 1360. The number of sulfonamides is 1. The molecule has 1 fully saturated rings. The van der Waals surface area contributed by atoms with Crippen molar-refractivity contribution in [2.45, 2.75) is 18.2 Å². The van der Waals surface area contributed by atoms with Crippen LogP contribution in [0.4, 0.5) is 11.6 Å². The van der Waals surface area contributed by atoms with Gasteiger partial charge in [-0.2, -0.15) is 13.5 Å². The molecule has 1 aliphatic rings. The molecule has 17 heteroatoms. The van der Waals surface area contributed by atoms with E-state index >= 15 is 0 Å². The number of amidine groups is 1. The van der Waals surface area contributed by atoms with Gasteiger partial charge in [-0.05, 0) is 50.2 Å². The molecular weight excluding hydrogens is 551 g/mol. The highest BCUT2D eigenvalue weighted by molar-refractivity contribution is 7.96. The van der Waals surface area contributed by atoms with Crippen LogP contribution in [0.2, 0.25) is 0 Å². The second-order valence-corrected chi connectivity index (χ2v) is 11.0. The third-order valence-corrected chi connectivity index (χ3v) is 7.68. The Morgan fingerprint density at radius 3 is 2.58 bits per heavy atom. The zero-order chi connectivity index (χ0) is 27.2. The van der Waals surface area contributed by atoms with E-state index in [9.17, 15) is 8.42 Å². The first-order valence-electron chi connectivity index (χ1n) is 11.3. The molecule has 1 aromatic heterocycles. The van der Waals surface area contributed by atoms with Crippen LogP contribution in [0.5, 0.6) is 0 Å². The normalized spacial score (nSPS) is 15.5. The number of nitrogens with zero attached hydrogens (tertiary/aromatic N) is 3. The molecule has 0 radical (unpaired) electrons. The van der Waals surface area contributed by atoms with E-state index in [1.165, 1.54) is 36.9 Å². The predicted octanol–water partition coefficient (Wildman–Crippen LogP) is 0.422. The van der Waals surface area contributed by atoms with Crippen molar-refractivity contribution in [1.82, 2.24) is 25.5 Å². The van der Waals surface area contributed by atoms with E-state index < -0.39 is 10.0 Å². The number of rotatable bonds is 8. The summed E-state index contributed by atoms with van der Waals surface area (Å²) >= 11 is 0.701. The summed E-state index contributed by atoms with van der Waals surface area (Å²) in [6.07, 6.45) is 1.38. The summed E-state index contributed by atoms with van der Waals surface area (Å²) in [6.45, 7) is 4.75. The number of nitrogens with two attached hydrogens (primary N) is 4. The van der Waals surface area contributed by atoms with Gasteiger partial charge in [0.2, 0.25) is 10.0 Å². The van der Waals surface area contributed by atoms with Gasteiger partial charge in [-0.25, -0.2) is 39.7 Å². The van der Waals surface area contributed by atoms with Crippen LogP contribution in [0.3, 0.4) is 0 Å². The molecule has 2 aromatic carbocycles. The maximum atomic E-state index is 12.8. The lowest BCUT2D eigenvalue weighted by Gasteiger charge is -2.24. The highest BCUT2D eigenvalue weighted by atomic mass is 32.2. The summed E-state index contributed by atoms with van der Waals surface area (Å²) in [7, 11) is -1.05. The molecule has 3 aromatic rings. The van der Waals surface area contributed by atoms with Crippen LogP contribution in [0.15, 0.2) is 40.3 Å². The third-order valence-electron chi connectivity index (χ3n) is 5.74. The highest BCUT2D eigenvalue weighted by Crippen LogP contribution is 2.40. The predicted molar refractivity (Wildman–Crippen MR) is 159 cm³/mol. The molecule has 1 unspecified atom stereocenters. The van der Waals surface area contributed by atoms with E-state index in [2.05, 4.69) is 41.9 Å². The number of hydrogen-bond acceptors (Lipinski definition) is 12. The van der Waals surface area contributed by atoms with Crippen molar-refractivity contribution in [1.29, 1.82) is 0 Å². The lowest BCUT2D eigenvalue weighted by Crippen LogP contribution is -2.28. The topological polar surface area (TPSA) is 228 Å². The minimum Gasteiger partial charge on any atom is -0.382 e. The second kappa shape index (κ2) is 13.9. The van der Waals surface area contributed by atoms with E-state index in [0.29, 0.717) is 34.4 Å². The van der Waals surface area contributed by atoms with Gasteiger partial charge in [0.25, 0.3) is 0 Å². The standard InChI is InChI=1S/C16H22N10O3S2.C5H11N.H2S/c1-21-31(27,28)11-7-6-8(9-4-3-5-10-13(9)23-16(18)22-10)12(15(17)24-25-19)14(11)26(2)30-29-20;1-5-2-3-6-4-5;/h3-7,21,25H,19-20H2,1-2H3,(H2,17,24)(H3,18,22,23);5-6H,2-4H2,1H3;1H2. The van der Waals surface area contributed by atoms with Crippen molar-refractivity contribution in [2.75, 3.05) is 37.2 Å². The van der Waals surface area contributed by atoms with Gasteiger partial charge in [-0.1, -0.05) is 25.1 Å². The van der Waals surface area contributed by atoms with Gasteiger partial charge < -0.3 is 21.8 Å². The Morgan fingerprint density at radius 1 is 1.29 bits per heavy atom. The lowest BCUT2D eigenvalue weighted by molar-refractivity contribution is 0.397. The number of imidazole rings is 1. The van der Waals surface area contributed by atoms with Crippen LogP contribution in [0, 0.1) is 5.92 Å². The molecule has 12 N–H and O–H groups in total. The van der Waals surface area contributed by atoms with Crippen molar-refractivity contribution in [2.24, 2.45) is 28.5 Å². The van der Waals surface area contributed by atoms with E-state index in [1.807, 2.05) is 6.07 Å². The summed E-state index contributed by atoms with van der Waals surface area (Å²) in [5.41, 5.74) is 17.0. The van der Waals surface area contributed by atoms with Gasteiger partial charge in [0, 0.05) is 12.6 Å². The zero-order valence-corrected chi connectivity index (χ0v) is 23.9. The van der Waals surface area contributed by atoms with Crippen molar-refractivity contribution in [3.05, 3.63) is 35.9 Å². The van der Waals surface area contributed by atoms with E-state index in [-0.39, 0.29) is 41.4 Å². The number of hydrazine groups is 1. The minimum atomic E-state index is -3.91. The molecule has 2 heterocycles.